The molecule has 0 aliphatic heterocycles. The Hall–Kier alpha value is -2.07. The summed E-state index contributed by atoms with van der Waals surface area (Å²) in [6.45, 7) is 0.410. The molecule has 1 fully saturated rings. The largest absolute Gasteiger partial charge is 0.334 e. The van der Waals surface area contributed by atoms with Crippen molar-refractivity contribution in [3.63, 3.8) is 0 Å². The lowest BCUT2D eigenvalue weighted by atomic mass is 10.0. The summed E-state index contributed by atoms with van der Waals surface area (Å²) >= 11 is 5.93. The molecule has 2 amide bonds. The lowest BCUT2D eigenvalue weighted by Crippen LogP contribution is -2.38. The fourth-order valence-corrected chi connectivity index (χ4v) is 2.81. The fraction of sp³-hybridized carbons (Fsp3) is 0.278. The van der Waals surface area contributed by atoms with Gasteiger partial charge in [0.05, 0.1) is 6.04 Å². The Morgan fingerprint density at radius 3 is 2.61 bits per heavy atom. The summed E-state index contributed by atoms with van der Waals surface area (Å²) in [6.07, 6.45) is 2.16. The molecule has 1 atom stereocenters. The summed E-state index contributed by atoms with van der Waals surface area (Å²) in [5.41, 5.74) is 1.88. The predicted molar refractivity (Wildman–Crippen MR) is 88.7 cm³/mol. The normalized spacial score (nSPS) is 15.0. The first-order valence-electron chi connectivity index (χ1n) is 7.66. The minimum absolute atomic E-state index is 0.0741. The lowest BCUT2D eigenvalue weighted by molar-refractivity contribution is 0.235. The number of nitrogens with one attached hydrogen (secondary N) is 2. The highest BCUT2D eigenvalue weighted by atomic mass is 35.5. The van der Waals surface area contributed by atoms with E-state index < -0.39 is 0 Å². The van der Waals surface area contributed by atoms with E-state index >= 15 is 0 Å². The van der Waals surface area contributed by atoms with Gasteiger partial charge in [0.2, 0.25) is 0 Å². The van der Waals surface area contributed by atoms with E-state index in [1.54, 1.807) is 18.2 Å². The van der Waals surface area contributed by atoms with Crippen LogP contribution in [0.4, 0.5) is 9.18 Å². The van der Waals surface area contributed by atoms with Crippen LogP contribution in [-0.4, -0.2) is 6.03 Å². The van der Waals surface area contributed by atoms with E-state index in [1.165, 1.54) is 12.1 Å². The van der Waals surface area contributed by atoms with Crippen molar-refractivity contribution in [1.82, 2.24) is 10.6 Å². The van der Waals surface area contributed by atoms with E-state index in [4.69, 9.17) is 11.6 Å². The molecule has 0 heterocycles. The van der Waals surface area contributed by atoms with Crippen LogP contribution in [0.1, 0.15) is 30.0 Å². The van der Waals surface area contributed by atoms with Gasteiger partial charge >= 0.3 is 6.03 Å². The monoisotopic (exact) mass is 332 g/mol. The van der Waals surface area contributed by atoms with Gasteiger partial charge in [-0.3, -0.25) is 0 Å². The first-order valence-corrected chi connectivity index (χ1v) is 8.04. The molecule has 0 bridgehead atoms. The number of hydrogen-bond donors (Lipinski definition) is 2. The predicted octanol–water partition coefficient (Wildman–Crippen LogP) is 4.43. The molecule has 3 nitrogen and oxygen atoms in total. The van der Waals surface area contributed by atoms with Gasteiger partial charge in [-0.2, -0.15) is 0 Å². The van der Waals surface area contributed by atoms with Crippen LogP contribution in [0.3, 0.4) is 0 Å². The minimum atomic E-state index is -0.270. The summed E-state index contributed by atoms with van der Waals surface area (Å²) in [7, 11) is 0. The number of amides is 2. The molecule has 0 aromatic heterocycles. The standard InChI is InChI=1S/C18H18ClFN2O/c19-15-3-1-2-12(10-15)11-21-18(23)22-17(13-4-5-13)14-6-8-16(20)9-7-14/h1-3,6-10,13,17H,4-5,11H2,(H2,21,22,23). The second-order valence-corrected chi connectivity index (χ2v) is 6.26. The first-order chi connectivity index (χ1) is 11.1. The van der Waals surface area contributed by atoms with E-state index in [0.29, 0.717) is 17.5 Å². The van der Waals surface area contributed by atoms with E-state index in [0.717, 1.165) is 24.0 Å². The summed E-state index contributed by atoms with van der Waals surface area (Å²) in [5.74, 6) is 0.158. The molecular weight excluding hydrogens is 315 g/mol. The lowest BCUT2D eigenvalue weighted by Gasteiger charge is -2.19. The van der Waals surface area contributed by atoms with Crippen LogP contribution >= 0.6 is 11.6 Å². The second kappa shape index (κ2) is 7.01. The van der Waals surface area contributed by atoms with Gasteiger partial charge in [0, 0.05) is 11.6 Å². The van der Waals surface area contributed by atoms with Gasteiger partial charge < -0.3 is 10.6 Å². The zero-order valence-electron chi connectivity index (χ0n) is 12.6. The maximum Gasteiger partial charge on any atom is 0.315 e. The summed E-state index contributed by atoms with van der Waals surface area (Å²) in [5, 5.41) is 6.48. The van der Waals surface area contributed by atoms with Gasteiger partial charge in [0.15, 0.2) is 0 Å². The van der Waals surface area contributed by atoms with E-state index in [2.05, 4.69) is 10.6 Å². The van der Waals surface area contributed by atoms with Gasteiger partial charge in [0.1, 0.15) is 5.82 Å². The van der Waals surface area contributed by atoms with Gasteiger partial charge in [-0.25, -0.2) is 9.18 Å². The van der Waals surface area contributed by atoms with Gasteiger partial charge in [-0.15, -0.1) is 0 Å². The van der Waals surface area contributed by atoms with Crippen molar-refractivity contribution in [3.8, 4) is 0 Å². The second-order valence-electron chi connectivity index (χ2n) is 5.82. The summed E-state index contributed by atoms with van der Waals surface area (Å²) in [6, 6.07) is 13.4. The Labute approximate surface area is 139 Å². The highest BCUT2D eigenvalue weighted by molar-refractivity contribution is 6.30. The number of hydrogen-bond acceptors (Lipinski definition) is 1. The molecule has 1 saturated carbocycles. The zero-order valence-corrected chi connectivity index (χ0v) is 13.3. The molecule has 0 radical (unpaired) electrons. The molecule has 23 heavy (non-hydrogen) atoms. The average molecular weight is 333 g/mol. The van der Waals surface area contributed by atoms with E-state index in [1.807, 2.05) is 18.2 Å². The van der Waals surface area contributed by atoms with Gasteiger partial charge in [0.25, 0.3) is 0 Å². The minimum Gasteiger partial charge on any atom is -0.334 e. The third-order valence-electron chi connectivity index (χ3n) is 3.95. The Balaban J connectivity index is 1.59. The van der Waals surface area contributed by atoms with Crippen LogP contribution in [0.25, 0.3) is 0 Å². The van der Waals surface area contributed by atoms with Crippen molar-refractivity contribution >= 4 is 17.6 Å². The summed E-state index contributed by atoms with van der Waals surface area (Å²) in [4.78, 5) is 12.2. The van der Waals surface area contributed by atoms with Crippen molar-refractivity contribution in [2.24, 2.45) is 5.92 Å². The van der Waals surface area contributed by atoms with Crippen molar-refractivity contribution in [2.45, 2.75) is 25.4 Å². The number of rotatable bonds is 5. The molecule has 5 heteroatoms. The van der Waals surface area contributed by atoms with Gasteiger partial charge in [-0.1, -0.05) is 35.9 Å². The SMILES string of the molecule is O=C(NCc1cccc(Cl)c1)NC(c1ccc(F)cc1)C1CC1. The fourth-order valence-electron chi connectivity index (χ4n) is 2.59. The molecule has 0 saturated heterocycles. The molecule has 2 N–H and O–H groups in total. The number of carbonyl (C=O) groups is 1. The van der Waals surface area contributed by atoms with Crippen molar-refractivity contribution in [1.29, 1.82) is 0 Å². The smallest absolute Gasteiger partial charge is 0.315 e. The molecule has 3 rings (SSSR count). The third-order valence-corrected chi connectivity index (χ3v) is 4.19. The van der Waals surface area contributed by atoms with Crippen LogP contribution in [0.2, 0.25) is 5.02 Å². The topological polar surface area (TPSA) is 41.1 Å². The van der Waals surface area contributed by atoms with Crippen LogP contribution in [0.15, 0.2) is 48.5 Å². The zero-order chi connectivity index (χ0) is 16.2. The number of urea groups is 1. The average Bonchev–Trinajstić information content (AvgIpc) is 3.36. The van der Waals surface area contributed by atoms with Crippen molar-refractivity contribution in [3.05, 3.63) is 70.5 Å². The quantitative estimate of drug-likeness (QED) is 0.835. The Bertz CT molecular complexity index is 686. The molecular formula is C18H18ClFN2O. The van der Waals surface area contributed by atoms with Crippen LogP contribution in [0.5, 0.6) is 0 Å². The molecule has 1 unspecified atom stereocenters. The molecule has 1 aliphatic carbocycles. The Morgan fingerprint density at radius 1 is 1.22 bits per heavy atom. The Morgan fingerprint density at radius 2 is 1.96 bits per heavy atom. The van der Waals surface area contributed by atoms with Crippen molar-refractivity contribution < 1.29 is 9.18 Å². The highest BCUT2D eigenvalue weighted by Gasteiger charge is 2.33. The molecule has 1 aliphatic rings. The van der Waals surface area contributed by atoms with Gasteiger partial charge in [-0.05, 0) is 54.2 Å². The van der Waals surface area contributed by atoms with Crippen LogP contribution in [0, 0.1) is 11.7 Å². The number of halogens is 2. The van der Waals surface area contributed by atoms with E-state index in [9.17, 15) is 9.18 Å². The molecule has 2 aromatic rings. The highest BCUT2D eigenvalue weighted by Crippen LogP contribution is 2.40. The first kappa shape index (κ1) is 15.8. The van der Waals surface area contributed by atoms with Crippen LogP contribution < -0.4 is 10.6 Å². The molecule has 2 aromatic carbocycles. The Kier molecular flexibility index (Phi) is 4.82. The maximum absolute atomic E-state index is 13.1. The molecule has 120 valence electrons. The van der Waals surface area contributed by atoms with Crippen molar-refractivity contribution in [2.75, 3.05) is 0 Å². The summed E-state index contributed by atoms with van der Waals surface area (Å²) < 4.78 is 13.1. The number of carbonyl (C=O) groups excluding carboxylic acids is 1. The van der Waals surface area contributed by atoms with E-state index in [-0.39, 0.29) is 17.9 Å². The number of benzene rings is 2. The maximum atomic E-state index is 13.1. The van der Waals surface area contributed by atoms with Crippen LogP contribution in [-0.2, 0) is 6.54 Å². The molecule has 0 spiro atoms. The third kappa shape index (κ3) is 4.45.